The average molecular weight is 253 g/mol. The third-order valence-corrected chi connectivity index (χ3v) is 3.19. The van der Waals surface area contributed by atoms with Crippen LogP contribution in [0.15, 0.2) is 18.2 Å². The highest BCUT2D eigenvalue weighted by Gasteiger charge is 2.28. The van der Waals surface area contributed by atoms with Crippen molar-refractivity contribution in [2.45, 2.75) is 13.3 Å². The van der Waals surface area contributed by atoms with Crippen molar-refractivity contribution in [1.82, 2.24) is 0 Å². The molecule has 0 aromatic heterocycles. The molecule has 98 valence electrons. The summed E-state index contributed by atoms with van der Waals surface area (Å²) >= 11 is 0. The highest BCUT2D eigenvalue weighted by Crippen LogP contribution is 2.24. The van der Waals surface area contributed by atoms with Gasteiger partial charge in [-0.15, -0.1) is 0 Å². The molecule has 18 heavy (non-hydrogen) atoms. The van der Waals surface area contributed by atoms with Crippen LogP contribution in [0.3, 0.4) is 0 Å². The van der Waals surface area contributed by atoms with Gasteiger partial charge in [0.1, 0.15) is 0 Å². The predicted octanol–water partition coefficient (Wildman–Crippen LogP) is 2.14. The van der Waals surface area contributed by atoms with Crippen molar-refractivity contribution >= 4 is 11.6 Å². The molecule has 5 heteroatoms. The lowest BCUT2D eigenvalue weighted by Gasteiger charge is -2.27. The summed E-state index contributed by atoms with van der Waals surface area (Å²) in [4.78, 5) is 12.0. The largest absolute Gasteiger partial charge is 0.505 e. The molecule has 1 saturated heterocycles. The van der Waals surface area contributed by atoms with Gasteiger partial charge in [0.05, 0.1) is 0 Å². The van der Waals surface area contributed by atoms with E-state index in [-0.39, 0.29) is 17.7 Å². The molecule has 1 fully saturated rings. The third-order valence-electron chi connectivity index (χ3n) is 3.19. The van der Waals surface area contributed by atoms with Crippen LogP contribution in [0, 0.1) is 17.7 Å². The fourth-order valence-corrected chi connectivity index (χ4v) is 2.09. The first-order chi connectivity index (χ1) is 8.58. The Hall–Kier alpha value is -1.62. The van der Waals surface area contributed by atoms with E-state index in [1.54, 1.807) is 0 Å². The lowest BCUT2D eigenvalue weighted by molar-refractivity contribution is -0.125. The number of hydrogen-bond acceptors (Lipinski definition) is 3. The molecule has 2 N–H and O–H groups in total. The maximum atomic E-state index is 13.1. The Morgan fingerprint density at radius 3 is 3.00 bits per heavy atom. The molecule has 0 radical (unpaired) electrons. The number of benzene rings is 1. The Bertz CT molecular complexity index is 450. The number of phenolic OH excluding ortho intramolecular Hbond substituents is 1. The summed E-state index contributed by atoms with van der Waals surface area (Å²) in [5.41, 5.74) is 0.356. The van der Waals surface area contributed by atoms with Crippen molar-refractivity contribution in [2.75, 3.05) is 18.5 Å². The molecule has 0 aliphatic carbocycles. The van der Waals surface area contributed by atoms with Gasteiger partial charge in [-0.2, -0.15) is 0 Å². The molecule has 0 saturated carbocycles. The number of rotatable bonds is 2. The van der Waals surface area contributed by atoms with E-state index in [1.807, 2.05) is 6.92 Å². The number of aromatic hydroxyl groups is 1. The van der Waals surface area contributed by atoms with Gasteiger partial charge in [-0.3, -0.25) is 4.79 Å². The summed E-state index contributed by atoms with van der Waals surface area (Å²) in [6, 6.07) is 3.80. The van der Waals surface area contributed by atoms with Gasteiger partial charge in [-0.05, 0) is 24.5 Å². The lowest BCUT2D eigenvalue weighted by Crippen LogP contribution is -2.35. The average Bonchev–Trinajstić information content (AvgIpc) is 2.34. The van der Waals surface area contributed by atoms with Crippen molar-refractivity contribution < 1.29 is 19.0 Å². The summed E-state index contributed by atoms with van der Waals surface area (Å²) in [6.07, 6.45) is 0.674. The fraction of sp³-hybridized carbons (Fsp3) is 0.462. The van der Waals surface area contributed by atoms with Gasteiger partial charge in [0.15, 0.2) is 11.6 Å². The van der Waals surface area contributed by atoms with Gasteiger partial charge in [-0.25, -0.2) is 4.39 Å². The zero-order valence-electron chi connectivity index (χ0n) is 10.1. The molecular weight excluding hydrogens is 237 g/mol. The van der Waals surface area contributed by atoms with E-state index in [4.69, 9.17) is 9.84 Å². The smallest absolute Gasteiger partial charge is 0.227 e. The second-order valence-corrected chi connectivity index (χ2v) is 4.60. The van der Waals surface area contributed by atoms with E-state index in [0.717, 1.165) is 6.07 Å². The number of carbonyl (C=O) groups excluding carboxylic acids is 1. The minimum absolute atomic E-state index is 0.115. The van der Waals surface area contributed by atoms with Crippen LogP contribution in [-0.4, -0.2) is 24.2 Å². The first-order valence-corrected chi connectivity index (χ1v) is 5.95. The number of anilines is 1. The van der Waals surface area contributed by atoms with Crippen LogP contribution in [0.2, 0.25) is 0 Å². The highest BCUT2D eigenvalue weighted by atomic mass is 19.1. The monoisotopic (exact) mass is 253 g/mol. The second-order valence-electron chi connectivity index (χ2n) is 4.60. The van der Waals surface area contributed by atoms with Gasteiger partial charge in [0.25, 0.3) is 0 Å². The highest BCUT2D eigenvalue weighted by molar-refractivity contribution is 5.92. The summed E-state index contributed by atoms with van der Waals surface area (Å²) in [5, 5.41) is 11.7. The van der Waals surface area contributed by atoms with Crippen LogP contribution < -0.4 is 5.32 Å². The van der Waals surface area contributed by atoms with Crippen LogP contribution in [0.25, 0.3) is 0 Å². The summed E-state index contributed by atoms with van der Waals surface area (Å²) in [7, 11) is 0. The lowest BCUT2D eigenvalue weighted by atomic mass is 9.89. The maximum absolute atomic E-state index is 13.1. The molecule has 1 aromatic rings. The van der Waals surface area contributed by atoms with Gasteiger partial charge in [0.2, 0.25) is 5.91 Å². The Kier molecular flexibility index (Phi) is 3.81. The number of ether oxygens (including phenoxy) is 1. The van der Waals surface area contributed by atoms with Crippen molar-refractivity contribution in [3.05, 3.63) is 24.0 Å². The van der Waals surface area contributed by atoms with E-state index in [2.05, 4.69) is 5.32 Å². The standard InChI is InChI=1S/C13H16FNO3/c1-8-7-18-5-4-10(8)13(17)15-9-2-3-12(16)11(14)6-9/h2-3,6,8,10,16H,4-5,7H2,1H3,(H,15,17). The number of amides is 1. The topological polar surface area (TPSA) is 58.6 Å². The molecule has 4 nitrogen and oxygen atoms in total. The zero-order chi connectivity index (χ0) is 13.1. The van der Waals surface area contributed by atoms with E-state index < -0.39 is 11.6 Å². The summed E-state index contributed by atoms with van der Waals surface area (Å²) < 4.78 is 18.4. The van der Waals surface area contributed by atoms with Crippen LogP contribution in [-0.2, 0) is 9.53 Å². The van der Waals surface area contributed by atoms with Crippen LogP contribution in [0.4, 0.5) is 10.1 Å². The molecule has 1 aliphatic rings. The Morgan fingerprint density at radius 2 is 2.33 bits per heavy atom. The summed E-state index contributed by atoms with van der Waals surface area (Å²) in [5.74, 6) is -1.26. The van der Waals surface area contributed by atoms with Crippen LogP contribution >= 0.6 is 0 Å². The summed E-state index contributed by atoms with van der Waals surface area (Å²) in [6.45, 7) is 3.11. The van der Waals surface area contributed by atoms with Gasteiger partial charge in [0, 0.05) is 30.9 Å². The molecule has 2 unspecified atom stereocenters. The number of nitrogens with one attached hydrogen (secondary N) is 1. The number of hydrogen-bond donors (Lipinski definition) is 2. The molecule has 2 rings (SSSR count). The Balaban J connectivity index is 2.04. The Labute approximate surface area is 105 Å². The molecule has 1 aliphatic heterocycles. The van der Waals surface area contributed by atoms with Crippen LogP contribution in [0.1, 0.15) is 13.3 Å². The van der Waals surface area contributed by atoms with Gasteiger partial charge < -0.3 is 15.2 Å². The molecular formula is C13H16FNO3. The first kappa shape index (κ1) is 12.8. The van der Waals surface area contributed by atoms with Crippen molar-refractivity contribution in [1.29, 1.82) is 0 Å². The number of phenols is 1. The molecule has 0 spiro atoms. The van der Waals surface area contributed by atoms with Crippen molar-refractivity contribution in [2.24, 2.45) is 11.8 Å². The second kappa shape index (κ2) is 5.35. The predicted molar refractivity (Wildman–Crippen MR) is 64.8 cm³/mol. The SMILES string of the molecule is CC1COCCC1C(=O)Nc1ccc(O)c(F)c1. The van der Waals surface area contributed by atoms with Gasteiger partial charge in [-0.1, -0.05) is 6.92 Å². The fourth-order valence-electron chi connectivity index (χ4n) is 2.09. The minimum atomic E-state index is -0.743. The van der Waals surface area contributed by atoms with E-state index >= 15 is 0 Å². The molecule has 1 aromatic carbocycles. The quantitative estimate of drug-likeness (QED) is 0.794. The van der Waals surface area contributed by atoms with E-state index in [0.29, 0.717) is 25.3 Å². The van der Waals surface area contributed by atoms with E-state index in [9.17, 15) is 9.18 Å². The zero-order valence-corrected chi connectivity index (χ0v) is 10.1. The van der Waals surface area contributed by atoms with Crippen molar-refractivity contribution in [3.63, 3.8) is 0 Å². The first-order valence-electron chi connectivity index (χ1n) is 5.95. The normalized spacial score (nSPS) is 23.7. The van der Waals surface area contributed by atoms with E-state index in [1.165, 1.54) is 12.1 Å². The number of halogens is 1. The Morgan fingerprint density at radius 1 is 1.56 bits per heavy atom. The molecule has 1 heterocycles. The van der Waals surface area contributed by atoms with Crippen molar-refractivity contribution in [3.8, 4) is 5.75 Å². The molecule has 1 amide bonds. The maximum Gasteiger partial charge on any atom is 0.227 e. The van der Waals surface area contributed by atoms with Gasteiger partial charge >= 0.3 is 0 Å². The molecule has 0 bridgehead atoms. The van der Waals surface area contributed by atoms with Crippen LogP contribution in [0.5, 0.6) is 5.75 Å². The molecule has 2 atom stereocenters. The minimum Gasteiger partial charge on any atom is -0.505 e. The number of carbonyl (C=O) groups is 1. The third kappa shape index (κ3) is 2.79.